The van der Waals surface area contributed by atoms with Crippen LogP contribution in [0.15, 0.2) is 29.3 Å². The van der Waals surface area contributed by atoms with E-state index in [2.05, 4.69) is 11.2 Å². The smallest absolute Gasteiger partial charge is 0.0975 e. The van der Waals surface area contributed by atoms with Crippen molar-refractivity contribution in [3.05, 3.63) is 46.1 Å². The third-order valence-electron chi connectivity index (χ3n) is 3.01. The van der Waals surface area contributed by atoms with Gasteiger partial charge in [0, 0.05) is 23.4 Å². The lowest BCUT2D eigenvalue weighted by Gasteiger charge is -2.07. The molecule has 0 aliphatic rings. The zero-order valence-electron chi connectivity index (χ0n) is 11.2. The summed E-state index contributed by atoms with van der Waals surface area (Å²) in [6.07, 6.45) is 0.866. The van der Waals surface area contributed by atoms with Gasteiger partial charge in [-0.05, 0) is 31.5 Å². The summed E-state index contributed by atoms with van der Waals surface area (Å²) in [7, 11) is 1.97. The van der Waals surface area contributed by atoms with Crippen molar-refractivity contribution in [1.82, 2.24) is 9.78 Å². The maximum absolute atomic E-state index is 6.18. The molecule has 0 unspecified atom stereocenters. The highest BCUT2D eigenvalue weighted by molar-refractivity contribution is 7.98. The first-order valence-corrected chi connectivity index (χ1v) is 7.58. The second-order valence-electron chi connectivity index (χ2n) is 4.41. The van der Waals surface area contributed by atoms with Crippen molar-refractivity contribution in [2.24, 2.45) is 12.8 Å². The molecule has 0 saturated heterocycles. The van der Waals surface area contributed by atoms with E-state index in [-0.39, 0.29) is 0 Å². The van der Waals surface area contributed by atoms with Gasteiger partial charge in [0.2, 0.25) is 0 Å². The van der Waals surface area contributed by atoms with E-state index < -0.39 is 0 Å². The Morgan fingerprint density at radius 3 is 2.79 bits per heavy atom. The van der Waals surface area contributed by atoms with Crippen LogP contribution in [0.3, 0.4) is 0 Å². The fourth-order valence-corrected chi connectivity index (χ4v) is 3.53. The van der Waals surface area contributed by atoms with Gasteiger partial charge in [-0.3, -0.25) is 4.68 Å². The molecule has 0 radical (unpaired) electrons. The number of hydrogen-bond donors (Lipinski definition) is 1. The number of rotatable bonds is 5. The zero-order chi connectivity index (χ0) is 13.8. The lowest BCUT2D eigenvalue weighted by Crippen LogP contribution is -2.04. The first-order valence-electron chi connectivity index (χ1n) is 6.22. The monoisotopic (exact) mass is 295 g/mol. The van der Waals surface area contributed by atoms with Gasteiger partial charge in [0.25, 0.3) is 0 Å². The summed E-state index contributed by atoms with van der Waals surface area (Å²) in [6, 6.07) is 7.94. The molecule has 0 fully saturated rings. The van der Waals surface area contributed by atoms with Gasteiger partial charge >= 0.3 is 0 Å². The number of aromatic nitrogens is 2. The first kappa shape index (κ1) is 14.4. The molecule has 1 heterocycles. The van der Waals surface area contributed by atoms with Crippen molar-refractivity contribution in [2.45, 2.75) is 24.1 Å². The average molecular weight is 296 g/mol. The van der Waals surface area contributed by atoms with E-state index in [9.17, 15) is 0 Å². The fraction of sp³-hybridized carbons (Fsp3) is 0.357. The predicted molar refractivity (Wildman–Crippen MR) is 81.7 cm³/mol. The Hall–Kier alpha value is -0.970. The summed E-state index contributed by atoms with van der Waals surface area (Å²) in [4.78, 5) is 0. The SMILES string of the molecule is Cc1nn(C)c(SCc2ccccc2Cl)c1CCN. The third-order valence-corrected chi connectivity index (χ3v) is 4.61. The highest BCUT2D eigenvalue weighted by atomic mass is 35.5. The molecule has 5 heteroatoms. The summed E-state index contributed by atoms with van der Waals surface area (Å²) in [5, 5.41) is 6.47. The Morgan fingerprint density at radius 1 is 1.37 bits per heavy atom. The summed E-state index contributed by atoms with van der Waals surface area (Å²) in [5.74, 6) is 0.843. The number of thioether (sulfide) groups is 1. The van der Waals surface area contributed by atoms with Gasteiger partial charge in [-0.1, -0.05) is 29.8 Å². The van der Waals surface area contributed by atoms with Crippen LogP contribution in [0.5, 0.6) is 0 Å². The van der Waals surface area contributed by atoms with E-state index in [4.69, 9.17) is 17.3 Å². The van der Waals surface area contributed by atoms with Crippen molar-refractivity contribution in [1.29, 1.82) is 0 Å². The average Bonchev–Trinajstić information content (AvgIpc) is 2.64. The van der Waals surface area contributed by atoms with Crippen molar-refractivity contribution in [2.75, 3.05) is 6.54 Å². The van der Waals surface area contributed by atoms with Crippen LogP contribution in [0.4, 0.5) is 0 Å². The Morgan fingerprint density at radius 2 is 2.11 bits per heavy atom. The molecule has 2 rings (SSSR count). The van der Waals surface area contributed by atoms with Gasteiger partial charge in [0.1, 0.15) is 0 Å². The second-order valence-corrected chi connectivity index (χ2v) is 5.78. The van der Waals surface area contributed by atoms with E-state index in [1.807, 2.05) is 36.9 Å². The minimum absolute atomic E-state index is 0.645. The number of nitrogens with zero attached hydrogens (tertiary/aromatic N) is 2. The lowest BCUT2D eigenvalue weighted by atomic mass is 10.2. The van der Waals surface area contributed by atoms with Crippen molar-refractivity contribution >= 4 is 23.4 Å². The summed E-state index contributed by atoms with van der Waals surface area (Å²) in [6.45, 7) is 2.68. The summed E-state index contributed by atoms with van der Waals surface area (Å²) >= 11 is 7.94. The van der Waals surface area contributed by atoms with Gasteiger partial charge in [0.05, 0.1) is 10.7 Å². The van der Waals surface area contributed by atoms with Crippen molar-refractivity contribution in [3.8, 4) is 0 Å². The maximum Gasteiger partial charge on any atom is 0.0975 e. The third kappa shape index (κ3) is 3.32. The number of aryl methyl sites for hydroxylation is 2. The molecule has 1 aromatic carbocycles. The largest absolute Gasteiger partial charge is 0.330 e. The van der Waals surface area contributed by atoms with Gasteiger partial charge in [0.15, 0.2) is 0 Å². The van der Waals surface area contributed by atoms with E-state index in [1.54, 1.807) is 11.8 Å². The lowest BCUT2D eigenvalue weighted by molar-refractivity contribution is 0.688. The van der Waals surface area contributed by atoms with Gasteiger partial charge in [-0.15, -0.1) is 11.8 Å². The van der Waals surface area contributed by atoms with E-state index in [0.29, 0.717) is 6.54 Å². The van der Waals surface area contributed by atoms with Crippen LogP contribution in [0.25, 0.3) is 0 Å². The highest BCUT2D eigenvalue weighted by Crippen LogP contribution is 2.30. The normalized spacial score (nSPS) is 10.9. The Kier molecular flexibility index (Phi) is 4.91. The molecule has 19 heavy (non-hydrogen) atoms. The molecule has 0 aliphatic heterocycles. The molecule has 102 valence electrons. The standard InChI is InChI=1S/C14H18ClN3S/c1-10-12(7-8-16)14(18(2)17-10)19-9-11-5-3-4-6-13(11)15/h3-6H,7-9,16H2,1-2H3. The van der Waals surface area contributed by atoms with Crippen LogP contribution in [0.1, 0.15) is 16.8 Å². The van der Waals surface area contributed by atoms with Crippen LogP contribution < -0.4 is 5.73 Å². The van der Waals surface area contributed by atoms with Crippen LogP contribution >= 0.6 is 23.4 Å². The highest BCUT2D eigenvalue weighted by Gasteiger charge is 2.13. The quantitative estimate of drug-likeness (QED) is 0.862. The Labute approximate surface area is 123 Å². The molecule has 0 atom stereocenters. The molecule has 3 nitrogen and oxygen atoms in total. The summed E-state index contributed by atoms with van der Waals surface area (Å²) in [5.41, 5.74) is 9.13. The van der Waals surface area contributed by atoms with Crippen molar-refractivity contribution in [3.63, 3.8) is 0 Å². The van der Waals surface area contributed by atoms with E-state index in [1.165, 1.54) is 10.6 Å². The molecule has 0 spiro atoms. The molecular formula is C14H18ClN3S. The Balaban J connectivity index is 2.17. The molecule has 0 bridgehead atoms. The molecule has 0 aliphatic carbocycles. The topological polar surface area (TPSA) is 43.8 Å². The predicted octanol–water partition coefficient (Wildman–Crippen LogP) is 3.18. The van der Waals surface area contributed by atoms with Gasteiger partial charge < -0.3 is 5.73 Å². The number of halogens is 1. The first-order chi connectivity index (χ1) is 9.13. The molecular weight excluding hydrogens is 278 g/mol. The molecule has 2 aromatic rings. The van der Waals surface area contributed by atoms with Gasteiger partial charge in [-0.25, -0.2) is 0 Å². The van der Waals surface area contributed by atoms with Crippen LogP contribution in [0, 0.1) is 6.92 Å². The minimum atomic E-state index is 0.645. The number of nitrogens with two attached hydrogens (primary N) is 1. The zero-order valence-corrected chi connectivity index (χ0v) is 12.8. The molecule has 0 amide bonds. The maximum atomic E-state index is 6.18. The van der Waals surface area contributed by atoms with E-state index in [0.717, 1.165) is 28.5 Å². The minimum Gasteiger partial charge on any atom is -0.330 e. The van der Waals surface area contributed by atoms with Crippen LogP contribution in [0.2, 0.25) is 5.02 Å². The van der Waals surface area contributed by atoms with E-state index >= 15 is 0 Å². The molecule has 2 N–H and O–H groups in total. The Bertz CT molecular complexity index is 566. The van der Waals surface area contributed by atoms with Crippen molar-refractivity contribution < 1.29 is 0 Å². The van der Waals surface area contributed by atoms with Crippen LogP contribution in [-0.4, -0.2) is 16.3 Å². The van der Waals surface area contributed by atoms with Gasteiger partial charge in [-0.2, -0.15) is 5.10 Å². The number of benzene rings is 1. The molecule has 1 aromatic heterocycles. The molecule has 0 saturated carbocycles. The van der Waals surface area contributed by atoms with Crippen LogP contribution in [-0.2, 0) is 19.2 Å². The second kappa shape index (κ2) is 6.46. The fourth-order valence-electron chi connectivity index (χ4n) is 2.06. The summed E-state index contributed by atoms with van der Waals surface area (Å²) < 4.78 is 1.93. The number of hydrogen-bond acceptors (Lipinski definition) is 3.